The standard InChI is InChI=1S/C15H13BrN4/c16-12-4-6-14(19-9-12)15(20-17)11-3-5-13-10(8-11)2-1-7-18-13/h1-9,15,20H,17H2. The van der Waals surface area contributed by atoms with Crippen LogP contribution < -0.4 is 11.3 Å². The third-order valence-electron chi connectivity index (χ3n) is 3.17. The van der Waals surface area contributed by atoms with Crippen LogP contribution in [0.4, 0.5) is 0 Å². The molecule has 3 rings (SSSR count). The first-order valence-electron chi connectivity index (χ1n) is 6.20. The molecule has 2 heterocycles. The summed E-state index contributed by atoms with van der Waals surface area (Å²) in [5, 5.41) is 1.09. The molecule has 0 saturated heterocycles. The lowest BCUT2D eigenvalue weighted by molar-refractivity contribution is 0.621. The molecule has 0 spiro atoms. The Morgan fingerprint density at radius 1 is 1.10 bits per heavy atom. The summed E-state index contributed by atoms with van der Waals surface area (Å²) in [6.07, 6.45) is 3.55. The summed E-state index contributed by atoms with van der Waals surface area (Å²) in [6, 6.07) is 13.8. The van der Waals surface area contributed by atoms with Crippen LogP contribution in [0.15, 0.2) is 59.3 Å². The van der Waals surface area contributed by atoms with Crippen LogP contribution in [-0.4, -0.2) is 9.97 Å². The van der Waals surface area contributed by atoms with Gasteiger partial charge in [-0.3, -0.25) is 15.8 Å². The van der Waals surface area contributed by atoms with Crippen LogP contribution in [0, 0.1) is 0 Å². The van der Waals surface area contributed by atoms with Crippen molar-refractivity contribution >= 4 is 26.8 Å². The Kier molecular flexibility index (Phi) is 3.73. The predicted octanol–water partition coefficient (Wildman–Crippen LogP) is 2.95. The predicted molar refractivity (Wildman–Crippen MR) is 82.8 cm³/mol. The first-order valence-corrected chi connectivity index (χ1v) is 6.99. The van der Waals surface area contributed by atoms with E-state index < -0.39 is 0 Å². The van der Waals surface area contributed by atoms with E-state index in [1.165, 1.54) is 0 Å². The van der Waals surface area contributed by atoms with Crippen LogP contribution in [-0.2, 0) is 0 Å². The summed E-state index contributed by atoms with van der Waals surface area (Å²) in [5.41, 5.74) is 5.72. The van der Waals surface area contributed by atoms with Gasteiger partial charge in [-0.05, 0) is 51.8 Å². The van der Waals surface area contributed by atoms with Gasteiger partial charge in [0.25, 0.3) is 0 Å². The molecule has 0 amide bonds. The molecule has 2 aromatic heterocycles. The average molecular weight is 329 g/mol. The smallest absolute Gasteiger partial charge is 0.0881 e. The number of nitrogens with two attached hydrogens (primary N) is 1. The van der Waals surface area contributed by atoms with E-state index in [1.807, 2.05) is 36.4 Å². The zero-order chi connectivity index (χ0) is 13.9. The molecule has 0 bridgehead atoms. The molecule has 3 aromatic rings. The number of hydrogen-bond acceptors (Lipinski definition) is 4. The Bertz CT molecular complexity index is 727. The molecule has 0 saturated carbocycles. The van der Waals surface area contributed by atoms with Crippen molar-refractivity contribution in [3.63, 3.8) is 0 Å². The van der Waals surface area contributed by atoms with Gasteiger partial charge in [-0.15, -0.1) is 0 Å². The second-order valence-corrected chi connectivity index (χ2v) is 5.37. The minimum absolute atomic E-state index is 0.146. The zero-order valence-electron chi connectivity index (χ0n) is 10.6. The van der Waals surface area contributed by atoms with E-state index in [2.05, 4.69) is 37.4 Å². The number of aromatic nitrogens is 2. The van der Waals surface area contributed by atoms with E-state index in [4.69, 9.17) is 5.84 Å². The highest BCUT2D eigenvalue weighted by Crippen LogP contribution is 2.23. The first-order chi connectivity index (χ1) is 9.78. The number of halogens is 1. The zero-order valence-corrected chi connectivity index (χ0v) is 12.2. The van der Waals surface area contributed by atoms with Crippen molar-refractivity contribution < 1.29 is 0 Å². The maximum absolute atomic E-state index is 5.70. The van der Waals surface area contributed by atoms with E-state index in [-0.39, 0.29) is 6.04 Å². The molecule has 1 atom stereocenters. The molecule has 0 fully saturated rings. The van der Waals surface area contributed by atoms with Gasteiger partial charge in [-0.25, -0.2) is 5.43 Å². The van der Waals surface area contributed by atoms with Crippen LogP contribution >= 0.6 is 15.9 Å². The molecule has 20 heavy (non-hydrogen) atoms. The van der Waals surface area contributed by atoms with Gasteiger partial charge in [-0.2, -0.15) is 0 Å². The number of fused-ring (bicyclic) bond motifs is 1. The van der Waals surface area contributed by atoms with Crippen molar-refractivity contribution in [1.29, 1.82) is 0 Å². The summed E-state index contributed by atoms with van der Waals surface area (Å²) in [4.78, 5) is 8.72. The number of rotatable bonds is 3. The Morgan fingerprint density at radius 2 is 2.00 bits per heavy atom. The minimum atomic E-state index is -0.146. The highest BCUT2D eigenvalue weighted by Gasteiger charge is 2.14. The number of pyridine rings is 2. The molecule has 4 nitrogen and oxygen atoms in total. The van der Waals surface area contributed by atoms with E-state index in [9.17, 15) is 0 Å². The van der Waals surface area contributed by atoms with Crippen molar-refractivity contribution in [3.05, 3.63) is 70.6 Å². The van der Waals surface area contributed by atoms with Gasteiger partial charge >= 0.3 is 0 Å². The maximum Gasteiger partial charge on any atom is 0.0881 e. The maximum atomic E-state index is 5.70. The first kappa shape index (κ1) is 13.2. The number of nitrogens with zero attached hydrogens (tertiary/aromatic N) is 2. The van der Waals surface area contributed by atoms with Gasteiger partial charge in [0, 0.05) is 22.3 Å². The van der Waals surface area contributed by atoms with Crippen LogP contribution in [0.3, 0.4) is 0 Å². The highest BCUT2D eigenvalue weighted by molar-refractivity contribution is 9.10. The summed E-state index contributed by atoms with van der Waals surface area (Å²) in [7, 11) is 0. The normalized spacial score (nSPS) is 12.5. The summed E-state index contributed by atoms with van der Waals surface area (Å²) in [6.45, 7) is 0. The van der Waals surface area contributed by atoms with E-state index >= 15 is 0 Å². The molecule has 5 heteroatoms. The number of hydrazine groups is 1. The SMILES string of the molecule is NNC(c1ccc2ncccc2c1)c1ccc(Br)cn1. The Labute approximate surface area is 125 Å². The topological polar surface area (TPSA) is 63.8 Å². The molecule has 100 valence electrons. The molecule has 0 aliphatic heterocycles. The van der Waals surface area contributed by atoms with Gasteiger partial charge in [0.15, 0.2) is 0 Å². The van der Waals surface area contributed by atoms with Gasteiger partial charge < -0.3 is 0 Å². The fourth-order valence-corrected chi connectivity index (χ4v) is 2.42. The van der Waals surface area contributed by atoms with Crippen molar-refractivity contribution in [2.24, 2.45) is 5.84 Å². The molecular weight excluding hydrogens is 316 g/mol. The second-order valence-electron chi connectivity index (χ2n) is 4.46. The molecule has 1 unspecified atom stereocenters. The molecule has 3 N–H and O–H groups in total. The third-order valence-corrected chi connectivity index (χ3v) is 3.64. The fourth-order valence-electron chi connectivity index (χ4n) is 2.18. The number of hydrogen-bond donors (Lipinski definition) is 2. The summed E-state index contributed by atoms with van der Waals surface area (Å²) >= 11 is 3.38. The van der Waals surface area contributed by atoms with Gasteiger partial charge in [0.05, 0.1) is 17.3 Å². The number of benzene rings is 1. The Balaban J connectivity index is 2.04. The van der Waals surface area contributed by atoms with Crippen molar-refractivity contribution in [1.82, 2.24) is 15.4 Å². The van der Waals surface area contributed by atoms with Crippen molar-refractivity contribution in [3.8, 4) is 0 Å². The molecular formula is C15H13BrN4. The van der Waals surface area contributed by atoms with Crippen LogP contribution in [0.2, 0.25) is 0 Å². The van der Waals surface area contributed by atoms with E-state index in [0.717, 1.165) is 26.6 Å². The lowest BCUT2D eigenvalue weighted by Crippen LogP contribution is -2.29. The highest BCUT2D eigenvalue weighted by atomic mass is 79.9. The summed E-state index contributed by atoms with van der Waals surface area (Å²) in [5.74, 6) is 5.70. The molecule has 0 aliphatic carbocycles. The van der Waals surface area contributed by atoms with Crippen LogP contribution in [0.1, 0.15) is 17.3 Å². The van der Waals surface area contributed by atoms with Crippen molar-refractivity contribution in [2.45, 2.75) is 6.04 Å². The quantitative estimate of drug-likeness (QED) is 0.573. The summed E-state index contributed by atoms with van der Waals surface area (Å²) < 4.78 is 0.944. The largest absolute Gasteiger partial charge is 0.271 e. The monoisotopic (exact) mass is 328 g/mol. The van der Waals surface area contributed by atoms with E-state index in [1.54, 1.807) is 12.4 Å². The Morgan fingerprint density at radius 3 is 2.75 bits per heavy atom. The molecule has 0 radical (unpaired) electrons. The van der Waals surface area contributed by atoms with Gasteiger partial charge in [-0.1, -0.05) is 12.1 Å². The molecule has 1 aromatic carbocycles. The van der Waals surface area contributed by atoms with Gasteiger partial charge in [0.2, 0.25) is 0 Å². The van der Waals surface area contributed by atoms with Gasteiger partial charge in [0.1, 0.15) is 0 Å². The molecule has 0 aliphatic rings. The lowest BCUT2D eigenvalue weighted by atomic mass is 10.0. The van der Waals surface area contributed by atoms with E-state index in [0.29, 0.717) is 0 Å². The third kappa shape index (κ3) is 2.56. The Hall–Kier alpha value is -1.82. The average Bonchev–Trinajstić information content (AvgIpc) is 2.50. The number of nitrogens with one attached hydrogen (secondary N) is 1. The van der Waals surface area contributed by atoms with Crippen LogP contribution in [0.25, 0.3) is 10.9 Å². The minimum Gasteiger partial charge on any atom is -0.271 e. The van der Waals surface area contributed by atoms with Crippen molar-refractivity contribution in [2.75, 3.05) is 0 Å². The second kappa shape index (κ2) is 5.66. The lowest BCUT2D eigenvalue weighted by Gasteiger charge is -2.16. The fraction of sp³-hybridized carbons (Fsp3) is 0.0667. The van der Waals surface area contributed by atoms with Crippen LogP contribution in [0.5, 0.6) is 0 Å².